The van der Waals surface area contributed by atoms with Gasteiger partial charge in [0.1, 0.15) is 17.1 Å². The zero-order chi connectivity index (χ0) is 22.2. The van der Waals surface area contributed by atoms with Gasteiger partial charge in [-0.25, -0.2) is 0 Å². The fourth-order valence-electron chi connectivity index (χ4n) is 4.35. The molecule has 4 rings (SSSR count). The second kappa shape index (κ2) is 8.38. The third-order valence-corrected chi connectivity index (χ3v) is 6.02. The zero-order valence-electron chi connectivity index (χ0n) is 18.5. The third kappa shape index (κ3) is 4.61. The smallest absolute Gasteiger partial charge is 0.227 e. The van der Waals surface area contributed by atoms with Crippen molar-refractivity contribution in [1.82, 2.24) is 5.32 Å². The minimum atomic E-state index is -0.326. The highest BCUT2D eigenvalue weighted by atomic mass is 32.1. The lowest BCUT2D eigenvalue weighted by Gasteiger charge is -2.38. The summed E-state index contributed by atoms with van der Waals surface area (Å²) in [6.07, 6.45) is 2.33. The number of amides is 1. The lowest BCUT2D eigenvalue weighted by molar-refractivity contribution is -0.117. The van der Waals surface area contributed by atoms with Crippen molar-refractivity contribution in [3.63, 3.8) is 0 Å². The maximum atomic E-state index is 12.1. The number of nitrogens with one attached hydrogen (secondary N) is 2. The van der Waals surface area contributed by atoms with Gasteiger partial charge in [0.15, 0.2) is 5.11 Å². The molecule has 2 aromatic carbocycles. The Bertz CT molecular complexity index is 1020. The fourth-order valence-corrected chi connectivity index (χ4v) is 4.61. The van der Waals surface area contributed by atoms with E-state index in [1.54, 1.807) is 7.11 Å². The first-order valence-electron chi connectivity index (χ1n) is 10.6. The highest BCUT2D eigenvalue weighted by Gasteiger charge is 2.34. The summed E-state index contributed by atoms with van der Waals surface area (Å²) in [6, 6.07) is 11.9. The van der Waals surface area contributed by atoms with Crippen molar-refractivity contribution < 1.29 is 14.3 Å². The number of thiocarbonyl (C=S) groups is 1. The van der Waals surface area contributed by atoms with Crippen LogP contribution in [0.25, 0.3) is 0 Å². The van der Waals surface area contributed by atoms with Crippen LogP contribution in [0.3, 0.4) is 0 Å². The summed E-state index contributed by atoms with van der Waals surface area (Å²) in [7, 11) is 1.65. The SMILES string of the molecule is COc1ccc2c(c1)OC(C)(C)C[C@H]2NC(=S)Nc1ccc(N2CCCC2=O)c(C)c1. The highest BCUT2D eigenvalue weighted by molar-refractivity contribution is 7.80. The van der Waals surface area contributed by atoms with Gasteiger partial charge in [-0.3, -0.25) is 4.79 Å². The molecule has 2 aromatic rings. The number of anilines is 2. The van der Waals surface area contributed by atoms with Crippen molar-refractivity contribution in [2.75, 3.05) is 23.9 Å². The van der Waals surface area contributed by atoms with Crippen molar-refractivity contribution in [3.8, 4) is 11.5 Å². The van der Waals surface area contributed by atoms with Crippen LogP contribution < -0.4 is 25.0 Å². The van der Waals surface area contributed by atoms with E-state index < -0.39 is 0 Å². The predicted molar refractivity (Wildman–Crippen MR) is 127 cm³/mol. The molecule has 2 N–H and O–H groups in total. The monoisotopic (exact) mass is 439 g/mol. The standard InChI is InChI=1S/C24H29N3O3S/c1-15-12-16(7-10-20(15)27-11-5-6-22(27)28)25-23(31)26-19-14-24(2,3)30-21-13-17(29-4)8-9-18(19)21/h7-10,12-13,19H,5-6,11,14H2,1-4H3,(H2,25,26,31)/t19-/m1/s1. The molecule has 7 heteroatoms. The molecular formula is C24H29N3O3S. The normalized spacial score (nSPS) is 19.4. The van der Waals surface area contributed by atoms with Crippen molar-refractivity contribution in [1.29, 1.82) is 0 Å². The summed E-state index contributed by atoms with van der Waals surface area (Å²) in [5.41, 5.74) is 3.65. The van der Waals surface area contributed by atoms with Crippen LogP contribution in [0.15, 0.2) is 36.4 Å². The van der Waals surface area contributed by atoms with Crippen molar-refractivity contribution in [2.24, 2.45) is 0 Å². The Kier molecular flexibility index (Phi) is 5.79. The van der Waals surface area contributed by atoms with Crippen LogP contribution in [0.4, 0.5) is 11.4 Å². The molecule has 0 unspecified atom stereocenters. The summed E-state index contributed by atoms with van der Waals surface area (Å²) in [5.74, 6) is 1.77. The number of hydrogen-bond donors (Lipinski definition) is 2. The number of carbonyl (C=O) groups excluding carboxylic acids is 1. The lowest BCUT2D eigenvalue weighted by Crippen LogP contribution is -2.42. The third-order valence-electron chi connectivity index (χ3n) is 5.80. The summed E-state index contributed by atoms with van der Waals surface area (Å²) in [6.45, 7) is 6.95. The van der Waals surface area contributed by atoms with E-state index in [1.807, 2.05) is 48.2 Å². The summed E-state index contributed by atoms with van der Waals surface area (Å²) in [5, 5.41) is 7.29. The van der Waals surface area contributed by atoms with E-state index in [-0.39, 0.29) is 17.6 Å². The van der Waals surface area contributed by atoms with Gasteiger partial charge in [-0.1, -0.05) is 0 Å². The molecule has 1 fully saturated rings. The molecule has 0 aromatic heterocycles. The van der Waals surface area contributed by atoms with E-state index in [9.17, 15) is 4.79 Å². The molecule has 1 amide bonds. The van der Waals surface area contributed by atoms with E-state index in [2.05, 4.69) is 24.5 Å². The molecular weight excluding hydrogens is 410 g/mol. The number of hydrogen-bond acceptors (Lipinski definition) is 4. The number of nitrogens with zero attached hydrogens (tertiary/aromatic N) is 1. The largest absolute Gasteiger partial charge is 0.497 e. The van der Waals surface area contributed by atoms with Gasteiger partial charge in [0.2, 0.25) is 5.91 Å². The van der Waals surface area contributed by atoms with Gasteiger partial charge in [-0.05, 0) is 75.3 Å². The average Bonchev–Trinajstić information content (AvgIpc) is 3.12. The molecule has 0 radical (unpaired) electrons. The van der Waals surface area contributed by atoms with Gasteiger partial charge in [0, 0.05) is 42.4 Å². The lowest BCUT2D eigenvalue weighted by atomic mass is 9.89. The Balaban J connectivity index is 1.48. The first-order valence-corrected chi connectivity index (χ1v) is 11.0. The molecule has 2 heterocycles. The summed E-state index contributed by atoms with van der Waals surface area (Å²) in [4.78, 5) is 13.9. The van der Waals surface area contributed by atoms with Crippen LogP contribution in [0.5, 0.6) is 11.5 Å². The minimum Gasteiger partial charge on any atom is -0.497 e. The predicted octanol–water partition coefficient (Wildman–Crippen LogP) is 4.72. The second-order valence-electron chi connectivity index (χ2n) is 8.77. The van der Waals surface area contributed by atoms with Crippen molar-refractivity contribution in [2.45, 2.75) is 51.7 Å². The molecule has 2 aliphatic heterocycles. The molecule has 164 valence electrons. The maximum absolute atomic E-state index is 12.1. The second-order valence-corrected chi connectivity index (χ2v) is 9.18. The average molecular weight is 440 g/mol. The number of ether oxygens (including phenoxy) is 2. The van der Waals surface area contributed by atoms with Gasteiger partial charge in [-0.15, -0.1) is 0 Å². The summed E-state index contributed by atoms with van der Waals surface area (Å²) >= 11 is 5.62. The first-order chi connectivity index (χ1) is 14.8. The molecule has 31 heavy (non-hydrogen) atoms. The minimum absolute atomic E-state index is 0.0206. The van der Waals surface area contributed by atoms with Gasteiger partial charge >= 0.3 is 0 Å². The molecule has 0 saturated carbocycles. The van der Waals surface area contributed by atoms with E-state index in [1.165, 1.54) is 0 Å². The van der Waals surface area contributed by atoms with Gasteiger partial charge in [0.05, 0.1) is 13.2 Å². The fraction of sp³-hybridized carbons (Fsp3) is 0.417. The van der Waals surface area contributed by atoms with E-state index in [0.29, 0.717) is 11.5 Å². The molecule has 2 aliphatic rings. The Hall–Kier alpha value is -2.80. The molecule has 0 bridgehead atoms. The first kappa shape index (κ1) is 21.4. The van der Waals surface area contributed by atoms with Crippen molar-refractivity contribution >= 4 is 34.6 Å². The molecule has 0 spiro atoms. The van der Waals surface area contributed by atoms with Gasteiger partial charge in [-0.2, -0.15) is 0 Å². The van der Waals surface area contributed by atoms with Crippen LogP contribution in [0.2, 0.25) is 0 Å². The molecule has 6 nitrogen and oxygen atoms in total. The van der Waals surface area contributed by atoms with Gasteiger partial charge in [0.25, 0.3) is 0 Å². The number of methoxy groups -OCH3 is 1. The van der Waals surface area contributed by atoms with Crippen LogP contribution in [0.1, 0.15) is 50.3 Å². The Morgan fingerprint density at radius 1 is 1.26 bits per heavy atom. The number of rotatable bonds is 4. The number of aryl methyl sites for hydroxylation is 1. The molecule has 1 atom stereocenters. The van der Waals surface area contributed by atoms with E-state index in [4.69, 9.17) is 21.7 Å². The van der Waals surface area contributed by atoms with Crippen LogP contribution in [-0.4, -0.2) is 30.3 Å². The number of fused-ring (bicyclic) bond motifs is 1. The Morgan fingerprint density at radius 3 is 2.74 bits per heavy atom. The van der Waals surface area contributed by atoms with E-state index >= 15 is 0 Å². The van der Waals surface area contributed by atoms with Crippen LogP contribution in [0, 0.1) is 6.92 Å². The Labute approximate surface area is 188 Å². The number of benzene rings is 2. The van der Waals surface area contributed by atoms with Crippen molar-refractivity contribution in [3.05, 3.63) is 47.5 Å². The maximum Gasteiger partial charge on any atom is 0.227 e. The van der Waals surface area contributed by atoms with Crippen LogP contribution in [-0.2, 0) is 4.79 Å². The van der Waals surface area contributed by atoms with E-state index in [0.717, 1.165) is 53.4 Å². The number of carbonyl (C=O) groups is 1. The quantitative estimate of drug-likeness (QED) is 0.672. The summed E-state index contributed by atoms with van der Waals surface area (Å²) < 4.78 is 11.5. The highest BCUT2D eigenvalue weighted by Crippen LogP contribution is 2.41. The zero-order valence-corrected chi connectivity index (χ0v) is 19.3. The van der Waals surface area contributed by atoms with Crippen LogP contribution >= 0.6 is 12.2 Å². The topological polar surface area (TPSA) is 62.8 Å². The molecule has 0 aliphatic carbocycles. The Morgan fingerprint density at radius 2 is 2.06 bits per heavy atom. The van der Waals surface area contributed by atoms with Gasteiger partial charge < -0.3 is 25.0 Å². The molecule has 1 saturated heterocycles.